The molecule has 1 unspecified atom stereocenters. The molecule has 0 aromatic rings. The molecular weight excluding hydrogens is 256 g/mol. The summed E-state index contributed by atoms with van der Waals surface area (Å²) in [5.74, 6) is 0.0149. The van der Waals surface area contributed by atoms with Crippen LogP contribution in [0.3, 0.4) is 0 Å². The first-order chi connectivity index (χ1) is 9.54. The van der Waals surface area contributed by atoms with E-state index in [1.807, 2.05) is 18.7 Å². The Hall–Kier alpha value is -1.10. The van der Waals surface area contributed by atoms with Crippen molar-refractivity contribution in [2.45, 2.75) is 64.5 Å². The summed E-state index contributed by atoms with van der Waals surface area (Å²) in [6, 6.07) is 0.0580. The number of carbonyl (C=O) groups excluding carboxylic acids is 2. The first kappa shape index (κ1) is 17.0. The standard InChI is InChI=1S/C15H28N2O3/c1-5-8-12(11-20-4)17-10-9-13(18)16-15(6-2,7-3)14(17)19/h12H,5-11H2,1-4H3,(H,16,18). The molecule has 1 aliphatic rings. The minimum atomic E-state index is -0.743. The van der Waals surface area contributed by atoms with E-state index in [0.717, 1.165) is 12.8 Å². The Kier molecular flexibility index (Phi) is 6.46. The highest BCUT2D eigenvalue weighted by atomic mass is 16.5. The minimum absolute atomic E-state index is 0.0304. The van der Waals surface area contributed by atoms with Crippen LogP contribution in [0.2, 0.25) is 0 Å². The predicted octanol–water partition coefficient (Wildman–Crippen LogP) is 1.71. The highest BCUT2D eigenvalue weighted by Gasteiger charge is 2.43. The van der Waals surface area contributed by atoms with Gasteiger partial charge >= 0.3 is 0 Å². The minimum Gasteiger partial charge on any atom is -0.383 e. The van der Waals surface area contributed by atoms with Crippen molar-refractivity contribution in [3.63, 3.8) is 0 Å². The zero-order chi connectivity index (χ0) is 15.2. The second-order valence-corrected chi connectivity index (χ2v) is 5.48. The third kappa shape index (κ3) is 3.51. The summed E-state index contributed by atoms with van der Waals surface area (Å²) in [7, 11) is 1.65. The van der Waals surface area contributed by atoms with E-state index >= 15 is 0 Å². The Bertz CT molecular complexity index is 334. The van der Waals surface area contributed by atoms with Crippen LogP contribution in [0.15, 0.2) is 0 Å². The maximum atomic E-state index is 12.9. The fourth-order valence-corrected chi connectivity index (χ4v) is 2.91. The number of nitrogens with zero attached hydrogens (tertiary/aromatic N) is 1. The largest absolute Gasteiger partial charge is 0.383 e. The molecule has 0 aromatic heterocycles. The normalized spacial score (nSPS) is 20.5. The molecular formula is C15H28N2O3. The van der Waals surface area contributed by atoms with Crippen LogP contribution in [0.5, 0.6) is 0 Å². The van der Waals surface area contributed by atoms with E-state index in [0.29, 0.717) is 32.4 Å². The Labute approximate surface area is 122 Å². The van der Waals surface area contributed by atoms with Gasteiger partial charge in [-0.1, -0.05) is 27.2 Å². The molecule has 5 nitrogen and oxygen atoms in total. The molecule has 0 bridgehead atoms. The van der Waals surface area contributed by atoms with Gasteiger partial charge in [-0.05, 0) is 19.3 Å². The Balaban J connectivity index is 3.04. The number of ether oxygens (including phenoxy) is 1. The molecule has 5 heteroatoms. The van der Waals surface area contributed by atoms with Gasteiger partial charge in [0.2, 0.25) is 11.8 Å². The van der Waals surface area contributed by atoms with Gasteiger partial charge in [-0.25, -0.2) is 0 Å². The molecule has 1 rings (SSSR count). The molecule has 20 heavy (non-hydrogen) atoms. The van der Waals surface area contributed by atoms with Crippen molar-refractivity contribution in [1.82, 2.24) is 10.2 Å². The Morgan fingerprint density at radius 2 is 1.95 bits per heavy atom. The molecule has 0 saturated carbocycles. The van der Waals surface area contributed by atoms with E-state index in [1.165, 1.54) is 0 Å². The molecule has 0 radical (unpaired) electrons. The number of amides is 2. The second-order valence-electron chi connectivity index (χ2n) is 5.48. The molecule has 0 aliphatic carbocycles. The van der Waals surface area contributed by atoms with E-state index in [4.69, 9.17) is 4.74 Å². The molecule has 1 atom stereocenters. The van der Waals surface area contributed by atoms with Crippen molar-refractivity contribution >= 4 is 11.8 Å². The Morgan fingerprint density at radius 3 is 2.45 bits per heavy atom. The number of hydrogen-bond acceptors (Lipinski definition) is 3. The average Bonchev–Trinajstić information content (AvgIpc) is 2.56. The molecule has 1 fully saturated rings. The summed E-state index contributed by atoms with van der Waals surface area (Å²) in [5, 5.41) is 2.94. The van der Waals surface area contributed by atoms with E-state index in [9.17, 15) is 9.59 Å². The van der Waals surface area contributed by atoms with Crippen molar-refractivity contribution in [2.75, 3.05) is 20.3 Å². The van der Waals surface area contributed by atoms with Crippen molar-refractivity contribution in [3.8, 4) is 0 Å². The van der Waals surface area contributed by atoms with Gasteiger partial charge < -0.3 is 15.0 Å². The lowest BCUT2D eigenvalue weighted by Gasteiger charge is -2.37. The quantitative estimate of drug-likeness (QED) is 0.774. The first-order valence-electron chi connectivity index (χ1n) is 7.65. The van der Waals surface area contributed by atoms with Gasteiger partial charge in [-0.3, -0.25) is 9.59 Å². The number of methoxy groups -OCH3 is 1. The molecule has 0 aromatic carbocycles. The van der Waals surface area contributed by atoms with Crippen LogP contribution in [0, 0.1) is 0 Å². The summed E-state index contributed by atoms with van der Waals surface area (Å²) in [6.07, 6.45) is 3.51. The SMILES string of the molecule is CCCC(COC)N1CCC(=O)NC(CC)(CC)C1=O. The second kappa shape index (κ2) is 7.62. The zero-order valence-corrected chi connectivity index (χ0v) is 13.2. The van der Waals surface area contributed by atoms with Gasteiger partial charge in [0, 0.05) is 20.1 Å². The van der Waals surface area contributed by atoms with Crippen LogP contribution < -0.4 is 5.32 Å². The van der Waals surface area contributed by atoms with Crippen molar-refractivity contribution in [3.05, 3.63) is 0 Å². The van der Waals surface area contributed by atoms with Crippen LogP contribution in [-0.2, 0) is 14.3 Å². The maximum Gasteiger partial charge on any atom is 0.248 e. The van der Waals surface area contributed by atoms with Gasteiger partial charge in [-0.15, -0.1) is 0 Å². The predicted molar refractivity (Wildman–Crippen MR) is 78.4 cm³/mol. The molecule has 1 heterocycles. The third-order valence-corrected chi connectivity index (χ3v) is 4.26. The van der Waals surface area contributed by atoms with Crippen LogP contribution in [0.4, 0.5) is 0 Å². The van der Waals surface area contributed by atoms with E-state index in [-0.39, 0.29) is 17.9 Å². The molecule has 0 spiro atoms. The van der Waals surface area contributed by atoms with Gasteiger partial charge in [0.05, 0.1) is 12.6 Å². The summed E-state index contributed by atoms with van der Waals surface area (Å²) in [4.78, 5) is 26.7. The topological polar surface area (TPSA) is 58.6 Å². The summed E-state index contributed by atoms with van der Waals surface area (Å²) in [6.45, 7) is 7.02. The number of rotatable bonds is 7. The number of carbonyl (C=O) groups is 2. The smallest absolute Gasteiger partial charge is 0.248 e. The number of nitrogens with one attached hydrogen (secondary N) is 1. The summed E-state index contributed by atoms with van der Waals surface area (Å²) >= 11 is 0. The van der Waals surface area contributed by atoms with Crippen LogP contribution in [0.25, 0.3) is 0 Å². The van der Waals surface area contributed by atoms with E-state index in [1.54, 1.807) is 7.11 Å². The molecule has 116 valence electrons. The average molecular weight is 284 g/mol. The van der Waals surface area contributed by atoms with Gasteiger partial charge in [-0.2, -0.15) is 0 Å². The lowest BCUT2D eigenvalue weighted by atomic mass is 9.90. The van der Waals surface area contributed by atoms with Crippen LogP contribution >= 0.6 is 0 Å². The fraction of sp³-hybridized carbons (Fsp3) is 0.867. The van der Waals surface area contributed by atoms with E-state index < -0.39 is 5.54 Å². The molecule has 1 aliphatic heterocycles. The lowest BCUT2D eigenvalue weighted by molar-refractivity contribution is -0.142. The first-order valence-corrected chi connectivity index (χ1v) is 7.65. The van der Waals surface area contributed by atoms with E-state index in [2.05, 4.69) is 12.2 Å². The van der Waals surface area contributed by atoms with Crippen molar-refractivity contribution in [2.24, 2.45) is 0 Å². The zero-order valence-electron chi connectivity index (χ0n) is 13.2. The molecule has 1 N–H and O–H groups in total. The summed E-state index contributed by atoms with van der Waals surface area (Å²) < 4.78 is 5.26. The van der Waals surface area contributed by atoms with Crippen molar-refractivity contribution in [1.29, 1.82) is 0 Å². The Morgan fingerprint density at radius 1 is 1.30 bits per heavy atom. The van der Waals surface area contributed by atoms with Gasteiger partial charge in [0.15, 0.2) is 0 Å². The van der Waals surface area contributed by atoms with Crippen LogP contribution in [0.1, 0.15) is 52.9 Å². The lowest BCUT2D eigenvalue weighted by Crippen LogP contribution is -2.58. The monoisotopic (exact) mass is 284 g/mol. The third-order valence-electron chi connectivity index (χ3n) is 4.26. The van der Waals surface area contributed by atoms with Gasteiger partial charge in [0.1, 0.15) is 5.54 Å². The highest BCUT2D eigenvalue weighted by Crippen LogP contribution is 2.24. The summed E-state index contributed by atoms with van der Waals surface area (Å²) in [5.41, 5.74) is -0.743. The fourth-order valence-electron chi connectivity index (χ4n) is 2.91. The highest BCUT2D eigenvalue weighted by molar-refractivity contribution is 5.93. The molecule has 1 saturated heterocycles. The molecule has 2 amide bonds. The number of hydrogen-bond donors (Lipinski definition) is 1. The van der Waals surface area contributed by atoms with Crippen molar-refractivity contribution < 1.29 is 14.3 Å². The van der Waals surface area contributed by atoms with Crippen LogP contribution in [-0.4, -0.2) is 48.6 Å². The maximum absolute atomic E-state index is 12.9. The van der Waals surface area contributed by atoms with Gasteiger partial charge in [0.25, 0.3) is 0 Å².